The Hall–Kier alpha value is -1.55. The largest absolute Gasteiger partial charge is 0.491 e. The summed E-state index contributed by atoms with van der Waals surface area (Å²) in [5.74, 6) is 1.23. The fraction of sp³-hybridized carbons (Fsp3) is 0.562. The van der Waals surface area contributed by atoms with Crippen LogP contribution in [0.25, 0.3) is 0 Å². The first-order valence-electron chi connectivity index (χ1n) is 7.52. The van der Waals surface area contributed by atoms with Crippen molar-refractivity contribution in [3.8, 4) is 5.75 Å². The number of carbonyl (C=O) groups excluding carboxylic acids is 1. The van der Waals surface area contributed by atoms with Gasteiger partial charge in [0.15, 0.2) is 0 Å². The maximum absolute atomic E-state index is 12.9. The maximum Gasteiger partial charge on any atom is 0.230 e. The van der Waals surface area contributed by atoms with Crippen LogP contribution in [0, 0.1) is 5.92 Å². The molecular weight excluding hydrogens is 252 g/mol. The topological polar surface area (TPSA) is 41.6 Å². The zero-order valence-corrected chi connectivity index (χ0v) is 12.0. The minimum Gasteiger partial charge on any atom is -0.491 e. The molecule has 20 heavy (non-hydrogen) atoms. The Balaban J connectivity index is 1.83. The SMILES string of the molecule is CC1CC(C(=O)N2CCCOc3ccccc32)CCN1. The highest BCUT2D eigenvalue weighted by atomic mass is 16.5. The third-order valence-electron chi connectivity index (χ3n) is 4.18. The molecule has 1 fully saturated rings. The first-order valence-corrected chi connectivity index (χ1v) is 7.52. The summed E-state index contributed by atoms with van der Waals surface area (Å²) in [6.45, 7) is 4.53. The van der Waals surface area contributed by atoms with Crippen LogP contribution in [0.3, 0.4) is 0 Å². The lowest BCUT2D eigenvalue weighted by atomic mass is 9.91. The highest BCUT2D eigenvalue weighted by molar-refractivity contribution is 5.96. The van der Waals surface area contributed by atoms with E-state index in [2.05, 4.69) is 12.2 Å². The quantitative estimate of drug-likeness (QED) is 0.853. The van der Waals surface area contributed by atoms with Gasteiger partial charge in [0.1, 0.15) is 5.75 Å². The third kappa shape index (κ3) is 2.66. The summed E-state index contributed by atoms with van der Waals surface area (Å²) in [6.07, 6.45) is 2.75. The van der Waals surface area contributed by atoms with Crippen molar-refractivity contribution in [1.29, 1.82) is 0 Å². The van der Waals surface area contributed by atoms with Crippen LogP contribution in [0.5, 0.6) is 5.75 Å². The van der Waals surface area contributed by atoms with Crippen molar-refractivity contribution in [2.45, 2.75) is 32.2 Å². The molecule has 0 aliphatic carbocycles. The van der Waals surface area contributed by atoms with E-state index in [1.165, 1.54) is 0 Å². The van der Waals surface area contributed by atoms with Crippen LogP contribution in [-0.2, 0) is 4.79 Å². The van der Waals surface area contributed by atoms with Gasteiger partial charge in [0.2, 0.25) is 5.91 Å². The van der Waals surface area contributed by atoms with Crippen molar-refractivity contribution >= 4 is 11.6 Å². The summed E-state index contributed by atoms with van der Waals surface area (Å²) in [5.41, 5.74) is 0.932. The molecular formula is C16H22N2O2. The molecule has 1 amide bonds. The average molecular weight is 274 g/mol. The van der Waals surface area contributed by atoms with Crippen LogP contribution in [0.4, 0.5) is 5.69 Å². The molecule has 0 spiro atoms. The Morgan fingerprint density at radius 1 is 1.40 bits per heavy atom. The van der Waals surface area contributed by atoms with Gasteiger partial charge in [-0.1, -0.05) is 12.1 Å². The number of anilines is 1. The van der Waals surface area contributed by atoms with E-state index in [4.69, 9.17) is 4.74 Å². The third-order valence-corrected chi connectivity index (χ3v) is 4.18. The number of rotatable bonds is 1. The van der Waals surface area contributed by atoms with Gasteiger partial charge < -0.3 is 15.0 Å². The molecule has 0 radical (unpaired) electrons. The zero-order valence-electron chi connectivity index (χ0n) is 12.0. The number of para-hydroxylation sites is 2. The molecule has 4 heteroatoms. The lowest BCUT2D eigenvalue weighted by Crippen LogP contribution is -2.44. The van der Waals surface area contributed by atoms with E-state index in [1.807, 2.05) is 29.2 Å². The Kier molecular flexibility index (Phi) is 3.92. The molecule has 2 heterocycles. The second-order valence-electron chi connectivity index (χ2n) is 5.74. The van der Waals surface area contributed by atoms with Crippen molar-refractivity contribution < 1.29 is 9.53 Å². The molecule has 108 valence electrons. The summed E-state index contributed by atoms with van der Waals surface area (Å²) in [6, 6.07) is 8.30. The van der Waals surface area contributed by atoms with E-state index in [0.717, 1.165) is 43.8 Å². The Bertz CT molecular complexity index is 489. The van der Waals surface area contributed by atoms with Crippen molar-refractivity contribution in [2.75, 3.05) is 24.6 Å². The minimum absolute atomic E-state index is 0.136. The highest BCUT2D eigenvalue weighted by Crippen LogP contribution is 2.32. The van der Waals surface area contributed by atoms with Gasteiger partial charge in [0.05, 0.1) is 12.3 Å². The van der Waals surface area contributed by atoms with Crippen molar-refractivity contribution in [2.24, 2.45) is 5.92 Å². The summed E-state index contributed by atoms with van der Waals surface area (Å²) in [7, 11) is 0. The van der Waals surface area contributed by atoms with Crippen LogP contribution in [0.15, 0.2) is 24.3 Å². The minimum atomic E-state index is 0.136. The lowest BCUT2D eigenvalue weighted by molar-refractivity contribution is -0.123. The van der Waals surface area contributed by atoms with E-state index in [9.17, 15) is 4.79 Å². The van der Waals surface area contributed by atoms with E-state index >= 15 is 0 Å². The van der Waals surface area contributed by atoms with E-state index < -0.39 is 0 Å². The molecule has 2 aliphatic heterocycles. The molecule has 0 bridgehead atoms. The van der Waals surface area contributed by atoms with Gasteiger partial charge in [-0.2, -0.15) is 0 Å². The Morgan fingerprint density at radius 2 is 2.25 bits per heavy atom. The highest BCUT2D eigenvalue weighted by Gasteiger charge is 2.31. The number of nitrogens with one attached hydrogen (secondary N) is 1. The molecule has 2 unspecified atom stereocenters. The van der Waals surface area contributed by atoms with E-state index in [0.29, 0.717) is 12.6 Å². The molecule has 2 atom stereocenters. The van der Waals surface area contributed by atoms with Gasteiger partial charge in [0, 0.05) is 18.5 Å². The van der Waals surface area contributed by atoms with Gasteiger partial charge in [-0.05, 0) is 44.9 Å². The van der Waals surface area contributed by atoms with E-state index in [-0.39, 0.29) is 11.8 Å². The number of nitrogens with zero attached hydrogens (tertiary/aromatic N) is 1. The van der Waals surface area contributed by atoms with Gasteiger partial charge in [-0.15, -0.1) is 0 Å². The number of hydrogen-bond acceptors (Lipinski definition) is 3. The second-order valence-corrected chi connectivity index (χ2v) is 5.74. The molecule has 0 aromatic heterocycles. The normalized spacial score (nSPS) is 26.4. The molecule has 1 N–H and O–H groups in total. The molecule has 3 rings (SSSR count). The summed E-state index contributed by atoms with van der Waals surface area (Å²) < 4.78 is 5.73. The van der Waals surface area contributed by atoms with Crippen LogP contribution in [-0.4, -0.2) is 31.6 Å². The Morgan fingerprint density at radius 3 is 3.10 bits per heavy atom. The standard InChI is InChI=1S/C16H22N2O2/c1-12-11-13(7-8-17-12)16(19)18-9-4-10-20-15-6-3-2-5-14(15)18/h2-3,5-6,12-13,17H,4,7-11H2,1H3. The number of amides is 1. The first kappa shape index (κ1) is 13.4. The fourth-order valence-corrected chi connectivity index (χ4v) is 3.13. The van der Waals surface area contributed by atoms with Crippen LogP contribution < -0.4 is 15.0 Å². The number of piperidine rings is 1. The van der Waals surface area contributed by atoms with Gasteiger partial charge in [0.25, 0.3) is 0 Å². The molecule has 1 aromatic carbocycles. The number of carbonyl (C=O) groups is 1. The van der Waals surface area contributed by atoms with Crippen LogP contribution in [0.2, 0.25) is 0 Å². The van der Waals surface area contributed by atoms with Crippen LogP contribution >= 0.6 is 0 Å². The van der Waals surface area contributed by atoms with Crippen LogP contribution in [0.1, 0.15) is 26.2 Å². The number of fused-ring (bicyclic) bond motifs is 1. The predicted octanol–water partition coefficient (Wildman–Crippen LogP) is 2.19. The molecule has 2 aliphatic rings. The molecule has 0 saturated carbocycles. The van der Waals surface area contributed by atoms with Crippen molar-refractivity contribution in [3.05, 3.63) is 24.3 Å². The lowest BCUT2D eigenvalue weighted by Gasteiger charge is -2.31. The molecule has 1 aromatic rings. The fourth-order valence-electron chi connectivity index (χ4n) is 3.13. The second kappa shape index (κ2) is 5.83. The first-order chi connectivity index (χ1) is 9.75. The summed E-state index contributed by atoms with van der Waals surface area (Å²) >= 11 is 0. The maximum atomic E-state index is 12.9. The van der Waals surface area contributed by atoms with Gasteiger partial charge in [-0.3, -0.25) is 4.79 Å². The van der Waals surface area contributed by atoms with Gasteiger partial charge >= 0.3 is 0 Å². The predicted molar refractivity (Wildman–Crippen MR) is 79.1 cm³/mol. The monoisotopic (exact) mass is 274 g/mol. The number of hydrogen-bond donors (Lipinski definition) is 1. The number of benzene rings is 1. The molecule has 1 saturated heterocycles. The van der Waals surface area contributed by atoms with E-state index in [1.54, 1.807) is 0 Å². The van der Waals surface area contributed by atoms with Gasteiger partial charge in [-0.25, -0.2) is 0 Å². The van der Waals surface area contributed by atoms with Crippen molar-refractivity contribution in [1.82, 2.24) is 5.32 Å². The number of ether oxygens (including phenoxy) is 1. The Labute approximate surface area is 120 Å². The molecule has 4 nitrogen and oxygen atoms in total. The summed E-state index contributed by atoms with van der Waals surface area (Å²) in [4.78, 5) is 14.8. The average Bonchev–Trinajstić information content (AvgIpc) is 2.69. The summed E-state index contributed by atoms with van der Waals surface area (Å²) in [5, 5.41) is 3.41. The smallest absolute Gasteiger partial charge is 0.230 e. The van der Waals surface area contributed by atoms with Crippen molar-refractivity contribution in [3.63, 3.8) is 0 Å². The zero-order chi connectivity index (χ0) is 13.9.